The number of ether oxygens (including phenoxy) is 6. The summed E-state index contributed by atoms with van der Waals surface area (Å²) in [5.74, 6) is -8.48. The van der Waals surface area contributed by atoms with E-state index >= 15 is 0 Å². The number of carbonyl (C=O) groups excluding carboxylic acids is 5. The van der Waals surface area contributed by atoms with Crippen LogP contribution in [0.2, 0.25) is 0 Å². The first-order chi connectivity index (χ1) is 19.6. The Kier molecular flexibility index (Phi) is 14.4. The first-order valence-corrected chi connectivity index (χ1v) is 12.6. The van der Waals surface area contributed by atoms with Crippen LogP contribution in [0.25, 0.3) is 0 Å². The molecule has 0 saturated carbocycles. The smallest absolute Gasteiger partial charge is 0.414 e. The summed E-state index contributed by atoms with van der Waals surface area (Å²) in [5.41, 5.74) is 5.47. The van der Waals surface area contributed by atoms with Crippen LogP contribution in [0, 0.1) is 0 Å². The molecule has 1 saturated heterocycles. The van der Waals surface area contributed by atoms with Gasteiger partial charge >= 0.3 is 41.9 Å². The highest BCUT2D eigenvalue weighted by atomic mass is 16.9. The minimum Gasteiger partial charge on any atom is -0.480 e. The lowest BCUT2D eigenvalue weighted by atomic mass is 9.96. The van der Waals surface area contributed by atoms with Crippen LogP contribution in [0.3, 0.4) is 0 Å². The zero-order valence-electron chi connectivity index (χ0n) is 23.6. The second-order valence-corrected chi connectivity index (χ2v) is 8.66. The molecule has 1 fully saturated rings. The number of aliphatic carboxylic acids is 1. The second-order valence-electron chi connectivity index (χ2n) is 8.66. The molecule has 42 heavy (non-hydrogen) atoms. The third-order valence-electron chi connectivity index (χ3n) is 5.08. The minimum atomic E-state index is -3.11. The molecule has 19 heteroatoms. The van der Waals surface area contributed by atoms with Crippen molar-refractivity contribution in [2.75, 3.05) is 19.8 Å². The predicted octanol–water partition coefficient (Wildman–Crippen LogP) is -1.80. The van der Waals surface area contributed by atoms with Crippen LogP contribution in [-0.4, -0.2) is 108 Å². The summed E-state index contributed by atoms with van der Waals surface area (Å²) in [6, 6.07) is -1.15. The Bertz CT molecular complexity index is 1020. The first-order valence-electron chi connectivity index (χ1n) is 12.6. The molecule has 0 spiro atoms. The van der Waals surface area contributed by atoms with Gasteiger partial charge in [0.05, 0.1) is 6.61 Å². The van der Waals surface area contributed by atoms with Crippen LogP contribution in [0.15, 0.2) is 5.16 Å². The maximum Gasteiger partial charge on any atom is 0.414 e. The lowest BCUT2D eigenvalue weighted by Gasteiger charge is -2.46. The number of aliphatic hydroxyl groups is 1. The van der Waals surface area contributed by atoms with Crippen LogP contribution in [-0.2, 0) is 57.2 Å². The number of nitrogens with two attached hydrogens (primary N) is 1. The molecule has 0 aromatic carbocycles. The maximum absolute atomic E-state index is 12.0. The molecule has 1 aliphatic heterocycles. The Labute approximate surface area is 239 Å². The van der Waals surface area contributed by atoms with Crippen molar-refractivity contribution in [2.24, 2.45) is 10.9 Å². The van der Waals surface area contributed by atoms with Crippen LogP contribution < -0.4 is 16.4 Å². The van der Waals surface area contributed by atoms with Gasteiger partial charge in [-0.15, -0.1) is 0 Å². The molecule has 1 rings (SSSR count). The number of guanidine groups is 1. The first kappa shape index (κ1) is 35.8. The molecule has 6 atom stereocenters. The van der Waals surface area contributed by atoms with E-state index in [1.165, 1.54) is 6.92 Å². The predicted molar refractivity (Wildman–Crippen MR) is 135 cm³/mol. The van der Waals surface area contributed by atoms with E-state index in [0.717, 1.165) is 27.7 Å². The van der Waals surface area contributed by atoms with E-state index in [0.29, 0.717) is 0 Å². The van der Waals surface area contributed by atoms with E-state index in [4.69, 9.17) is 44.1 Å². The minimum absolute atomic E-state index is 0.0120. The lowest BCUT2D eigenvalue weighted by molar-refractivity contribution is -0.448. The molecule has 0 aromatic heterocycles. The zero-order valence-corrected chi connectivity index (χ0v) is 23.6. The number of rotatable bonds is 13. The number of carboxylic acids is 1. The Morgan fingerprint density at radius 1 is 0.952 bits per heavy atom. The normalized spacial score (nSPS) is 24.3. The number of hydrogen-bond acceptors (Lipinski definition) is 16. The number of nitrogens with one attached hydrogen (secondary N) is 2. The van der Waals surface area contributed by atoms with Gasteiger partial charge in [0.2, 0.25) is 12.1 Å². The van der Waals surface area contributed by atoms with Crippen molar-refractivity contribution >= 4 is 41.9 Å². The summed E-state index contributed by atoms with van der Waals surface area (Å²) >= 11 is 0. The molecular formula is C23H36N4O15. The van der Waals surface area contributed by atoms with Crippen molar-refractivity contribution in [3.8, 4) is 0 Å². The Morgan fingerprint density at radius 2 is 1.55 bits per heavy atom. The van der Waals surface area contributed by atoms with E-state index in [9.17, 15) is 33.9 Å². The molecule has 1 heterocycles. The van der Waals surface area contributed by atoms with Crippen LogP contribution >= 0.6 is 0 Å². The lowest BCUT2D eigenvalue weighted by Crippen LogP contribution is -2.68. The van der Waals surface area contributed by atoms with Gasteiger partial charge in [0, 0.05) is 34.2 Å². The van der Waals surface area contributed by atoms with Crippen molar-refractivity contribution in [3.05, 3.63) is 0 Å². The quantitative estimate of drug-likeness (QED) is 0.0293. The van der Waals surface area contributed by atoms with Crippen molar-refractivity contribution in [1.29, 1.82) is 0 Å². The maximum atomic E-state index is 12.0. The number of hydrogen-bond donors (Lipinski definition) is 5. The van der Waals surface area contributed by atoms with Gasteiger partial charge in [-0.2, -0.15) is 0 Å². The van der Waals surface area contributed by atoms with Crippen molar-refractivity contribution in [2.45, 2.75) is 83.9 Å². The molecule has 0 aliphatic carbocycles. The Hall–Kier alpha value is -4.23. The molecular weight excluding hydrogens is 572 g/mol. The molecule has 1 aliphatic rings. The molecule has 0 radical (unpaired) electrons. The average Bonchev–Trinajstić information content (AvgIpc) is 2.87. The SMILES string of the molecule is CCOC(=O)NC(=NO[C@]1(O)O[C@H](COC(C)=O)[C@H](OC(C)=O)[C@H](OC(C)=O)[C@H]1OC(C)=O)NCCC[C@H](N)C(=O)O. The Balaban J connectivity index is 3.45. The summed E-state index contributed by atoms with van der Waals surface area (Å²) in [5, 5.41) is 28.7. The van der Waals surface area contributed by atoms with Crippen LogP contribution in [0.1, 0.15) is 47.5 Å². The van der Waals surface area contributed by atoms with Crippen LogP contribution in [0.4, 0.5) is 4.79 Å². The number of nitrogens with zero attached hydrogens (tertiary/aromatic N) is 1. The van der Waals surface area contributed by atoms with Crippen LogP contribution in [0.5, 0.6) is 0 Å². The van der Waals surface area contributed by atoms with Gasteiger partial charge in [-0.3, -0.25) is 29.3 Å². The van der Waals surface area contributed by atoms with Gasteiger partial charge in [-0.25, -0.2) is 4.79 Å². The van der Waals surface area contributed by atoms with E-state index in [1.54, 1.807) is 0 Å². The van der Waals surface area contributed by atoms with E-state index in [1.807, 2.05) is 0 Å². The zero-order chi connectivity index (χ0) is 32.0. The number of oxime groups is 1. The highest BCUT2D eigenvalue weighted by Gasteiger charge is 2.62. The third-order valence-corrected chi connectivity index (χ3v) is 5.08. The average molecular weight is 609 g/mol. The standard InChI is InChI=1S/C23H36N4O15/c1-6-36-22(34)26-21(25-9-7-8-15(24)20(32)33)27-42-23(35)19(40-14(5)31)18(39-13(4)30)17(38-12(3)29)16(41-23)10-37-11(2)28/h15-19,35H,6-10,24H2,1-5H3,(H,32,33)(H2,25,26,27,34)/t15-,16+,17-,18-,19+,23+/m0/s1. The van der Waals surface area contributed by atoms with Gasteiger partial charge in [0.25, 0.3) is 0 Å². The number of alkyl carbamates (subject to hydrolysis) is 1. The fourth-order valence-corrected chi connectivity index (χ4v) is 3.45. The molecule has 238 valence electrons. The second kappa shape index (κ2) is 16.9. The summed E-state index contributed by atoms with van der Waals surface area (Å²) in [7, 11) is 0. The summed E-state index contributed by atoms with van der Waals surface area (Å²) < 4.78 is 30.7. The summed E-state index contributed by atoms with van der Waals surface area (Å²) in [6.45, 7) is 4.80. The fraction of sp³-hybridized carbons (Fsp3) is 0.696. The monoisotopic (exact) mass is 608 g/mol. The van der Waals surface area contributed by atoms with Crippen molar-refractivity contribution < 1.29 is 72.2 Å². The van der Waals surface area contributed by atoms with Gasteiger partial charge in [0.1, 0.15) is 18.8 Å². The van der Waals surface area contributed by atoms with Gasteiger partial charge in [0.15, 0.2) is 12.2 Å². The van der Waals surface area contributed by atoms with E-state index in [2.05, 4.69) is 15.8 Å². The van der Waals surface area contributed by atoms with Crippen molar-refractivity contribution in [1.82, 2.24) is 10.6 Å². The fourth-order valence-electron chi connectivity index (χ4n) is 3.45. The van der Waals surface area contributed by atoms with Crippen molar-refractivity contribution in [3.63, 3.8) is 0 Å². The Morgan fingerprint density at radius 3 is 2.07 bits per heavy atom. The number of carbonyl (C=O) groups is 6. The molecule has 0 bridgehead atoms. The van der Waals surface area contributed by atoms with E-state index < -0.39 is 84.9 Å². The van der Waals surface area contributed by atoms with Gasteiger partial charge < -0.3 is 54.5 Å². The van der Waals surface area contributed by atoms with E-state index in [-0.39, 0.29) is 26.0 Å². The molecule has 0 unspecified atom stereocenters. The molecule has 1 amide bonds. The highest BCUT2D eigenvalue weighted by Crippen LogP contribution is 2.35. The van der Waals surface area contributed by atoms with Gasteiger partial charge in [-0.05, 0) is 24.9 Å². The highest BCUT2D eigenvalue weighted by molar-refractivity contribution is 5.93. The number of esters is 4. The molecule has 0 aromatic rings. The summed E-state index contributed by atoms with van der Waals surface area (Å²) in [4.78, 5) is 75.3. The summed E-state index contributed by atoms with van der Waals surface area (Å²) in [6.07, 6.45) is -7.79. The largest absolute Gasteiger partial charge is 0.480 e. The third kappa shape index (κ3) is 12.1. The van der Waals surface area contributed by atoms with Gasteiger partial charge in [-0.1, -0.05) is 0 Å². The number of carboxylic acid groups (broad SMARTS) is 1. The number of amides is 1. The molecule has 19 nitrogen and oxygen atoms in total. The molecule has 6 N–H and O–H groups in total. The topological polar surface area (TPSA) is 270 Å².